The van der Waals surface area contributed by atoms with Crippen molar-refractivity contribution >= 4 is 17.7 Å². The Morgan fingerprint density at radius 3 is 2.79 bits per heavy atom. The van der Waals surface area contributed by atoms with Gasteiger partial charge in [-0.3, -0.25) is 4.79 Å². The highest BCUT2D eigenvalue weighted by Crippen LogP contribution is 2.48. The number of likely N-dealkylation sites (tertiary alicyclic amines) is 1. The monoisotopic (exact) mass is 459 g/mol. The molecule has 176 valence electrons. The van der Waals surface area contributed by atoms with Crippen molar-refractivity contribution in [3.63, 3.8) is 0 Å². The molecule has 0 saturated carbocycles. The molecule has 1 unspecified atom stereocenters. The molecule has 5 nitrogen and oxygen atoms in total. The highest BCUT2D eigenvalue weighted by molar-refractivity contribution is 5.98. The number of halogens is 1. The fourth-order valence-electron chi connectivity index (χ4n) is 6.24. The topological polar surface area (TPSA) is 37.7 Å². The highest BCUT2D eigenvalue weighted by atomic mass is 19.1. The van der Waals surface area contributed by atoms with Crippen LogP contribution in [0.1, 0.15) is 52.9 Å². The van der Waals surface area contributed by atoms with Gasteiger partial charge in [0, 0.05) is 44.7 Å². The standard InChI is InChI=1S/C28H30FN3O2/c1-30-25-18-19(34-2)9-12-24(25)32-15-5-8-26(32)28(30)13-16-31(17-14-28)27(33)22-10-11-23(29)21-7-4-3-6-20(21)22/h3,5-6,8,10-12,15,18-19H,4,7,9,13-14,16-17H2,1-2H3. The first-order chi connectivity index (χ1) is 16.5. The molecular weight excluding hydrogens is 429 g/mol. The lowest BCUT2D eigenvalue weighted by molar-refractivity contribution is 0.0385. The number of carbonyl (C=O) groups is 1. The van der Waals surface area contributed by atoms with Crippen molar-refractivity contribution in [2.24, 2.45) is 0 Å². The predicted octanol–water partition coefficient (Wildman–Crippen LogP) is 4.81. The van der Waals surface area contributed by atoms with Gasteiger partial charge in [0.1, 0.15) is 5.82 Å². The number of aromatic nitrogens is 1. The van der Waals surface area contributed by atoms with Crippen molar-refractivity contribution in [3.05, 3.63) is 82.6 Å². The molecule has 1 saturated heterocycles. The fraction of sp³-hybridized carbons (Fsp3) is 0.393. The van der Waals surface area contributed by atoms with Gasteiger partial charge in [-0.1, -0.05) is 18.2 Å². The Morgan fingerprint density at radius 1 is 1.18 bits per heavy atom. The number of benzene rings is 1. The Morgan fingerprint density at radius 2 is 2.00 bits per heavy atom. The minimum absolute atomic E-state index is 0.00316. The van der Waals surface area contributed by atoms with Gasteiger partial charge in [-0.2, -0.15) is 0 Å². The zero-order chi connectivity index (χ0) is 23.4. The molecule has 1 atom stereocenters. The van der Waals surface area contributed by atoms with Crippen LogP contribution in [0.25, 0.3) is 11.8 Å². The number of carbonyl (C=O) groups excluding carboxylic acids is 1. The number of amides is 1. The SMILES string of the molecule is COC1C=C2C(=CC1)n1cccc1C1(CCN(C(=O)c3ccc(F)c4c3C=CCC4)CC1)N2C. The van der Waals surface area contributed by atoms with Gasteiger partial charge >= 0.3 is 0 Å². The van der Waals surface area contributed by atoms with Gasteiger partial charge in [0.25, 0.3) is 5.91 Å². The van der Waals surface area contributed by atoms with E-state index in [2.05, 4.69) is 47.0 Å². The summed E-state index contributed by atoms with van der Waals surface area (Å²) >= 11 is 0. The first-order valence-corrected chi connectivity index (χ1v) is 12.2. The van der Waals surface area contributed by atoms with Crippen molar-refractivity contribution < 1.29 is 13.9 Å². The van der Waals surface area contributed by atoms with Crippen LogP contribution in [-0.4, -0.2) is 53.6 Å². The van der Waals surface area contributed by atoms with E-state index in [1.54, 1.807) is 13.2 Å². The number of methoxy groups -OCH3 is 1. The molecule has 2 aromatic rings. The zero-order valence-electron chi connectivity index (χ0n) is 19.8. The highest BCUT2D eigenvalue weighted by Gasteiger charge is 2.47. The molecule has 0 radical (unpaired) electrons. The van der Waals surface area contributed by atoms with E-state index < -0.39 is 0 Å². The second-order valence-corrected chi connectivity index (χ2v) is 9.73. The number of hydrogen-bond donors (Lipinski definition) is 0. The summed E-state index contributed by atoms with van der Waals surface area (Å²) < 4.78 is 22.3. The van der Waals surface area contributed by atoms with E-state index in [0.29, 0.717) is 30.6 Å². The Balaban J connectivity index is 1.30. The summed E-state index contributed by atoms with van der Waals surface area (Å²) in [7, 11) is 3.93. The molecular formula is C28H30FN3O2. The maximum absolute atomic E-state index is 14.4. The van der Waals surface area contributed by atoms with Crippen LogP contribution in [0, 0.1) is 5.82 Å². The molecule has 1 aromatic carbocycles. The van der Waals surface area contributed by atoms with Crippen molar-refractivity contribution in [1.82, 2.24) is 14.4 Å². The first-order valence-electron chi connectivity index (χ1n) is 12.2. The number of ether oxygens (including phenoxy) is 1. The van der Waals surface area contributed by atoms with Crippen molar-refractivity contribution in [3.8, 4) is 0 Å². The van der Waals surface area contributed by atoms with Crippen LogP contribution in [0.15, 0.2) is 54.4 Å². The van der Waals surface area contributed by atoms with Gasteiger partial charge in [-0.25, -0.2) is 4.39 Å². The van der Waals surface area contributed by atoms with Gasteiger partial charge in [0.05, 0.1) is 23.0 Å². The normalized spacial score (nSPS) is 22.6. The average molecular weight is 460 g/mol. The number of fused-ring (bicyclic) bond motifs is 5. The maximum Gasteiger partial charge on any atom is 0.254 e. The van der Waals surface area contributed by atoms with Crippen LogP contribution in [-0.2, 0) is 16.7 Å². The average Bonchev–Trinajstić information content (AvgIpc) is 3.38. The van der Waals surface area contributed by atoms with Crippen molar-refractivity contribution in [2.45, 2.75) is 43.7 Å². The third-order valence-electron chi connectivity index (χ3n) is 8.19. The van der Waals surface area contributed by atoms with E-state index in [1.807, 2.05) is 17.1 Å². The summed E-state index contributed by atoms with van der Waals surface area (Å²) in [6, 6.07) is 7.44. The van der Waals surface area contributed by atoms with Crippen LogP contribution in [0.5, 0.6) is 0 Å². The van der Waals surface area contributed by atoms with Crippen molar-refractivity contribution in [2.75, 3.05) is 27.2 Å². The molecule has 3 heterocycles. The predicted molar refractivity (Wildman–Crippen MR) is 131 cm³/mol. The summed E-state index contributed by atoms with van der Waals surface area (Å²) in [6.07, 6.45) is 14.7. The number of allylic oxidation sites excluding steroid dienone is 2. The first kappa shape index (κ1) is 21.4. The van der Waals surface area contributed by atoms with Gasteiger partial charge in [0.15, 0.2) is 0 Å². The van der Waals surface area contributed by atoms with Crippen molar-refractivity contribution in [1.29, 1.82) is 0 Å². The summed E-state index contributed by atoms with van der Waals surface area (Å²) in [6.45, 7) is 1.31. The molecule has 0 bridgehead atoms. The Hall–Kier alpha value is -3.12. The van der Waals surface area contributed by atoms with Crippen LogP contribution < -0.4 is 0 Å². The largest absolute Gasteiger partial charge is 0.377 e. The lowest BCUT2D eigenvalue weighted by Gasteiger charge is -2.53. The smallest absolute Gasteiger partial charge is 0.254 e. The Labute approximate surface area is 199 Å². The lowest BCUT2D eigenvalue weighted by atomic mass is 9.79. The van der Waals surface area contributed by atoms with Crippen LogP contribution in [0.3, 0.4) is 0 Å². The van der Waals surface area contributed by atoms with Gasteiger partial charge in [0.2, 0.25) is 0 Å². The molecule has 1 amide bonds. The number of rotatable bonds is 2. The third-order valence-corrected chi connectivity index (χ3v) is 8.19. The molecule has 34 heavy (non-hydrogen) atoms. The minimum atomic E-state index is -0.211. The summed E-state index contributed by atoms with van der Waals surface area (Å²) in [5.74, 6) is -0.208. The van der Waals surface area contributed by atoms with Gasteiger partial charge in [-0.05, 0) is 73.6 Å². The van der Waals surface area contributed by atoms with E-state index in [4.69, 9.17) is 4.74 Å². The molecule has 4 aliphatic rings. The molecule has 2 aliphatic carbocycles. The third kappa shape index (κ3) is 3.04. The summed E-state index contributed by atoms with van der Waals surface area (Å²) in [4.78, 5) is 17.9. The van der Waals surface area contributed by atoms with E-state index in [9.17, 15) is 9.18 Å². The van der Waals surface area contributed by atoms with E-state index in [-0.39, 0.29) is 23.4 Å². The number of nitrogens with zero attached hydrogens (tertiary/aromatic N) is 3. The summed E-state index contributed by atoms with van der Waals surface area (Å²) in [5, 5.41) is 0. The van der Waals surface area contributed by atoms with E-state index in [1.165, 1.54) is 23.2 Å². The molecule has 0 N–H and O–H groups in total. The van der Waals surface area contributed by atoms with E-state index >= 15 is 0 Å². The molecule has 1 fully saturated rings. The second kappa shape index (κ2) is 7.98. The number of hydrogen-bond acceptors (Lipinski definition) is 3. The summed E-state index contributed by atoms with van der Waals surface area (Å²) in [5.41, 5.74) is 5.55. The molecule has 2 aliphatic heterocycles. The Kier molecular flexibility index (Phi) is 5.03. The fourth-order valence-corrected chi connectivity index (χ4v) is 6.24. The minimum Gasteiger partial charge on any atom is -0.377 e. The van der Waals surface area contributed by atoms with Crippen LogP contribution >= 0.6 is 0 Å². The van der Waals surface area contributed by atoms with Gasteiger partial charge < -0.3 is 19.1 Å². The Bertz CT molecular complexity index is 1250. The number of likely N-dealkylation sites (N-methyl/N-ethyl adjacent to an activating group) is 1. The quantitative estimate of drug-likeness (QED) is 0.647. The maximum atomic E-state index is 14.4. The molecule has 6 rings (SSSR count). The molecule has 1 aromatic heterocycles. The molecule has 1 spiro atoms. The number of piperidine rings is 1. The van der Waals surface area contributed by atoms with Crippen LogP contribution in [0.2, 0.25) is 0 Å². The van der Waals surface area contributed by atoms with Gasteiger partial charge in [-0.15, -0.1) is 0 Å². The van der Waals surface area contributed by atoms with E-state index in [0.717, 1.165) is 31.2 Å². The van der Waals surface area contributed by atoms with Crippen LogP contribution in [0.4, 0.5) is 4.39 Å². The second-order valence-electron chi connectivity index (χ2n) is 9.73. The molecule has 6 heteroatoms. The lowest BCUT2D eigenvalue weighted by Crippen LogP contribution is -2.55. The zero-order valence-corrected chi connectivity index (χ0v) is 19.8.